The molecule has 0 bridgehead atoms. The van der Waals surface area contributed by atoms with Gasteiger partial charge in [0.1, 0.15) is 0 Å². The van der Waals surface area contributed by atoms with Crippen molar-refractivity contribution in [2.75, 3.05) is 13.3 Å². The summed E-state index contributed by atoms with van der Waals surface area (Å²) < 4.78 is 15.9. The van der Waals surface area contributed by atoms with E-state index in [9.17, 15) is 4.79 Å². The molecule has 106 valence electrons. The van der Waals surface area contributed by atoms with E-state index in [2.05, 4.69) is 5.32 Å². The molecule has 2 aliphatic rings. The number of hydrogen-bond donors (Lipinski definition) is 1. The molecule has 1 aromatic heterocycles. The molecule has 0 atom stereocenters. The summed E-state index contributed by atoms with van der Waals surface area (Å²) in [5, 5.41) is 3.26. The van der Waals surface area contributed by atoms with E-state index in [1.165, 1.54) is 6.26 Å². The number of carbonyl (C=O) groups is 1. The molecular weight excluding hydrogens is 270 g/mol. The summed E-state index contributed by atoms with van der Waals surface area (Å²) in [7, 11) is 0. The largest absolute Gasteiger partial charge is 0.461 e. The fourth-order valence-electron chi connectivity index (χ4n) is 2.62. The van der Waals surface area contributed by atoms with E-state index in [0.29, 0.717) is 11.5 Å². The van der Waals surface area contributed by atoms with Crippen LogP contribution in [0, 0.1) is 0 Å². The van der Waals surface area contributed by atoms with Crippen LogP contribution >= 0.6 is 0 Å². The number of ether oxygens (including phenoxy) is 2. The highest BCUT2D eigenvalue weighted by Crippen LogP contribution is 2.38. The van der Waals surface area contributed by atoms with Crippen molar-refractivity contribution in [1.82, 2.24) is 5.32 Å². The van der Waals surface area contributed by atoms with E-state index < -0.39 is 0 Å². The molecule has 1 aromatic carbocycles. The monoisotopic (exact) mass is 283 g/mol. The van der Waals surface area contributed by atoms with Gasteiger partial charge in [0.05, 0.1) is 6.26 Å². The van der Waals surface area contributed by atoms with Crippen molar-refractivity contribution in [3.63, 3.8) is 0 Å². The number of fused-ring (bicyclic) bond motifs is 2. The fourth-order valence-corrected chi connectivity index (χ4v) is 2.62. The van der Waals surface area contributed by atoms with E-state index in [1.807, 2.05) is 12.1 Å². The number of hydrogen-bond acceptors (Lipinski definition) is 5. The van der Waals surface area contributed by atoms with E-state index in [1.54, 1.807) is 18.2 Å². The number of ketones is 1. The van der Waals surface area contributed by atoms with Gasteiger partial charge in [-0.15, -0.1) is 0 Å². The predicted molar refractivity (Wildman–Crippen MR) is 75.3 cm³/mol. The lowest BCUT2D eigenvalue weighted by molar-refractivity contribution is 0.102. The number of furan rings is 1. The fraction of sp³-hybridized carbons (Fsp3) is 0.188. The summed E-state index contributed by atoms with van der Waals surface area (Å²) in [4.78, 5) is 12.2. The Bertz CT molecular complexity index is 731. The van der Waals surface area contributed by atoms with Crippen molar-refractivity contribution in [3.05, 3.63) is 53.5 Å². The molecule has 2 aliphatic heterocycles. The molecule has 0 spiro atoms. The van der Waals surface area contributed by atoms with Gasteiger partial charge < -0.3 is 19.2 Å². The molecule has 2 aromatic rings. The van der Waals surface area contributed by atoms with Crippen molar-refractivity contribution in [2.24, 2.45) is 0 Å². The molecule has 0 amide bonds. The molecule has 0 saturated carbocycles. The molecule has 0 fully saturated rings. The van der Waals surface area contributed by atoms with Crippen molar-refractivity contribution in [3.8, 4) is 11.5 Å². The highest BCUT2D eigenvalue weighted by Gasteiger charge is 2.22. The Balaban J connectivity index is 1.75. The molecule has 0 radical (unpaired) electrons. The Morgan fingerprint density at radius 2 is 2.10 bits per heavy atom. The molecular formula is C16H13NO4. The maximum absolute atomic E-state index is 12.2. The third kappa shape index (κ3) is 2.07. The highest BCUT2D eigenvalue weighted by molar-refractivity contribution is 6.06. The summed E-state index contributed by atoms with van der Waals surface area (Å²) in [6.07, 6.45) is 3.95. The zero-order valence-corrected chi connectivity index (χ0v) is 11.2. The minimum absolute atomic E-state index is 0.159. The summed E-state index contributed by atoms with van der Waals surface area (Å²) in [5.74, 6) is 1.66. The van der Waals surface area contributed by atoms with Crippen LogP contribution in [0.5, 0.6) is 11.5 Å². The first-order valence-electron chi connectivity index (χ1n) is 6.77. The van der Waals surface area contributed by atoms with Gasteiger partial charge in [0, 0.05) is 23.9 Å². The lowest BCUT2D eigenvalue weighted by Crippen LogP contribution is -2.23. The van der Waals surface area contributed by atoms with Crippen molar-refractivity contribution in [2.45, 2.75) is 6.42 Å². The van der Waals surface area contributed by atoms with Crippen LogP contribution in [-0.2, 0) is 6.42 Å². The van der Waals surface area contributed by atoms with E-state index in [0.717, 1.165) is 35.5 Å². The normalized spacial score (nSPS) is 17.4. The van der Waals surface area contributed by atoms with Crippen LogP contribution in [0.3, 0.4) is 0 Å². The topological polar surface area (TPSA) is 60.7 Å². The predicted octanol–water partition coefficient (Wildman–Crippen LogP) is 2.38. The second-order valence-electron chi connectivity index (χ2n) is 4.94. The smallest absolute Gasteiger partial charge is 0.231 e. The molecule has 1 N–H and O–H groups in total. The van der Waals surface area contributed by atoms with Crippen LogP contribution in [0.2, 0.25) is 0 Å². The molecule has 5 nitrogen and oxygen atoms in total. The molecule has 0 aliphatic carbocycles. The highest BCUT2D eigenvalue weighted by atomic mass is 16.7. The molecule has 0 saturated heterocycles. The van der Waals surface area contributed by atoms with Crippen LogP contribution in [0.25, 0.3) is 5.70 Å². The van der Waals surface area contributed by atoms with Gasteiger partial charge in [0.2, 0.25) is 12.6 Å². The lowest BCUT2D eigenvalue weighted by atomic mass is 9.96. The van der Waals surface area contributed by atoms with Gasteiger partial charge in [-0.2, -0.15) is 0 Å². The number of nitrogens with one attached hydrogen (secondary N) is 1. The lowest BCUT2D eigenvalue weighted by Gasteiger charge is -2.21. The third-order valence-electron chi connectivity index (χ3n) is 3.64. The first-order valence-corrected chi connectivity index (χ1v) is 6.77. The zero-order valence-electron chi connectivity index (χ0n) is 11.2. The SMILES string of the molecule is O=C(/C=C1\NCCc2cc3c(cc21)OCO3)c1ccco1. The van der Waals surface area contributed by atoms with Gasteiger partial charge in [-0.25, -0.2) is 0 Å². The van der Waals surface area contributed by atoms with Gasteiger partial charge in [0.25, 0.3) is 0 Å². The van der Waals surface area contributed by atoms with Crippen molar-refractivity contribution < 1.29 is 18.7 Å². The summed E-state index contributed by atoms with van der Waals surface area (Å²) in [6.45, 7) is 1.03. The Morgan fingerprint density at radius 3 is 2.90 bits per heavy atom. The van der Waals surface area contributed by atoms with Crippen molar-refractivity contribution in [1.29, 1.82) is 0 Å². The first-order chi connectivity index (χ1) is 10.3. The third-order valence-corrected chi connectivity index (χ3v) is 3.64. The number of rotatable bonds is 2. The minimum Gasteiger partial charge on any atom is -0.461 e. The molecule has 3 heterocycles. The summed E-state index contributed by atoms with van der Waals surface area (Å²) >= 11 is 0. The van der Waals surface area contributed by atoms with Crippen LogP contribution in [0.15, 0.2) is 41.0 Å². The molecule has 4 rings (SSSR count). The van der Waals surface area contributed by atoms with E-state index in [-0.39, 0.29) is 12.6 Å². The second kappa shape index (κ2) is 4.70. The average molecular weight is 283 g/mol. The number of carbonyl (C=O) groups excluding carboxylic acids is 1. The van der Waals surface area contributed by atoms with E-state index >= 15 is 0 Å². The van der Waals surface area contributed by atoms with Crippen LogP contribution < -0.4 is 14.8 Å². The maximum Gasteiger partial charge on any atom is 0.231 e. The van der Waals surface area contributed by atoms with Gasteiger partial charge in [-0.05, 0) is 36.2 Å². The Labute approximate surface area is 121 Å². The van der Waals surface area contributed by atoms with Gasteiger partial charge in [-0.3, -0.25) is 4.79 Å². The molecule has 0 unspecified atom stereocenters. The Kier molecular flexibility index (Phi) is 2.70. The van der Waals surface area contributed by atoms with Gasteiger partial charge >= 0.3 is 0 Å². The minimum atomic E-state index is -0.159. The molecule has 5 heteroatoms. The first kappa shape index (κ1) is 12.1. The summed E-state index contributed by atoms with van der Waals surface area (Å²) in [5.41, 5.74) is 2.91. The standard InChI is InChI=1S/C16H13NO4/c18-13(14-2-1-5-19-14)8-12-11-7-16-15(20-9-21-16)6-10(11)3-4-17-12/h1-2,5-8,17H,3-4,9H2/b12-8-. The maximum atomic E-state index is 12.2. The number of benzene rings is 1. The quantitative estimate of drug-likeness (QED) is 0.677. The number of allylic oxidation sites excluding steroid dienone is 1. The Morgan fingerprint density at radius 1 is 1.24 bits per heavy atom. The Hall–Kier alpha value is -2.69. The van der Waals surface area contributed by atoms with Crippen LogP contribution in [0.4, 0.5) is 0 Å². The van der Waals surface area contributed by atoms with Gasteiger partial charge in [-0.1, -0.05) is 0 Å². The van der Waals surface area contributed by atoms with Crippen LogP contribution in [0.1, 0.15) is 21.7 Å². The van der Waals surface area contributed by atoms with Crippen molar-refractivity contribution >= 4 is 11.5 Å². The second-order valence-corrected chi connectivity index (χ2v) is 4.94. The molecule has 21 heavy (non-hydrogen) atoms. The average Bonchev–Trinajstić information content (AvgIpc) is 3.16. The van der Waals surface area contributed by atoms with E-state index in [4.69, 9.17) is 13.9 Å². The zero-order chi connectivity index (χ0) is 14.2. The van der Waals surface area contributed by atoms with Crippen LogP contribution in [-0.4, -0.2) is 19.1 Å². The summed E-state index contributed by atoms with van der Waals surface area (Å²) in [6, 6.07) is 7.27. The van der Waals surface area contributed by atoms with Gasteiger partial charge in [0.15, 0.2) is 17.3 Å².